The summed E-state index contributed by atoms with van der Waals surface area (Å²) in [5, 5.41) is 3.06. The highest BCUT2D eigenvalue weighted by Crippen LogP contribution is 2.12. The second kappa shape index (κ2) is 8.30. The third-order valence-electron chi connectivity index (χ3n) is 2.37. The fraction of sp³-hybridized carbons (Fsp3) is 0.900. The van der Waals surface area contributed by atoms with Gasteiger partial charge in [-0.25, -0.2) is 0 Å². The van der Waals surface area contributed by atoms with Gasteiger partial charge in [0.2, 0.25) is 0 Å². The van der Waals surface area contributed by atoms with Gasteiger partial charge < -0.3 is 5.32 Å². The van der Waals surface area contributed by atoms with Gasteiger partial charge in [0.05, 0.1) is 7.85 Å². The van der Waals surface area contributed by atoms with Crippen LogP contribution in [0.2, 0.25) is 0 Å². The van der Waals surface area contributed by atoms with Crippen LogP contribution in [-0.4, -0.2) is 26.6 Å². The number of unbranched alkanes of at least 4 members (excludes halogenated alkanes) is 1. The van der Waals surface area contributed by atoms with Gasteiger partial charge >= 0.3 is 0 Å². The lowest BCUT2D eigenvalue weighted by Crippen LogP contribution is -2.17. The Morgan fingerprint density at radius 1 is 1.46 bits per heavy atom. The molecule has 3 heteroatoms. The van der Waals surface area contributed by atoms with E-state index in [1.54, 1.807) is 6.92 Å². The first-order valence-electron chi connectivity index (χ1n) is 5.13. The molecule has 2 nitrogen and oxygen atoms in total. The van der Waals surface area contributed by atoms with Crippen molar-refractivity contribution in [3.8, 4) is 0 Å². The Kier molecular flexibility index (Phi) is 8.11. The highest BCUT2D eigenvalue weighted by Gasteiger charge is 2.10. The quantitative estimate of drug-likeness (QED) is 0.454. The number of ketones is 1. The second-order valence-corrected chi connectivity index (χ2v) is 3.42. The standard InChI is InChI=1S/C10H20BNO/c1-3-10(9(2)13)6-4-5-7-12-8-11/h10,12H,3-8H2,1-2H3/t10-/m0/s1. The first-order valence-corrected chi connectivity index (χ1v) is 5.13. The largest absolute Gasteiger partial charge is 0.325 e. The first-order chi connectivity index (χ1) is 6.22. The Balaban J connectivity index is 3.33. The Labute approximate surface area is 82.9 Å². The van der Waals surface area contributed by atoms with Crippen LogP contribution < -0.4 is 5.32 Å². The zero-order valence-electron chi connectivity index (χ0n) is 8.81. The molecule has 1 atom stereocenters. The summed E-state index contributed by atoms with van der Waals surface area (Å²) in [6.45, 7) is 4.72. The van der Waals surface area contributed by atoms with Crippen LogP contribution >= 0.6 is 0 Å². The molecule has 0 heterocycles. The van der Waals surface area contributed by atoms with Crippen LogP contribution in [0.3, 0.4) is 0 Å². The predicted molar refractivity (Wildman–Crippen MR) is 56.9 cm³/mol. The molecule has 0 rings (SSSR count). The van der Waals surface area contributed by atoms with Gasteiger partial charge in [0.25, 0.3) is 0 Å². The molecule has 0 bridgehead atoms. The lowest BCUT2D eigenvalue weighted by atomic mass is 9.95. The van der Waals surface area contributed by atoms with E-state index >= 15 is 0 Å². The minimum Gasteiger partial charge on any atom is -0.325 e. The van der Waals surface area contributed by atoms with Gasteiger partial charge in [-0.1, -0.05) is 13.3 Å². The van der Waals surface area contributed by atoms with E-state index in [1.165, 1.54) is 0 Å². The Hall–Kier alpha value is -0.305. The van der Waals surface area contributed by atoms with E-state index in [0.717, 1.165) is 32.2 Å². The normalized spacial score (nSPS) is 12.8. The third kappa shape index (κ3) is 6.82. The van der Waals surface area contributed by atoms with Crippen molar-refractivity contribution in [1.82, 2.24) is 5.32 Å². The molecule has 0 spiro atoms. The molecule has 0 aliphatic rings. The predicted octanol–water partition coefficient (Wildman–Crippen LogP) is 1.49. The average molecular weight is 181 g/mol. The summed E-state index contributed by atoms with van der Waals surface area (Å²) in [4.78, 5) is 11.1. The van der Waals surface area contributed by atoms with Crippen molar-refractivity contribution >= 4 is 13.6 Å². The molecule has 0 amide bonds. The maximum absolute atomic E-state index is 11.1. The van der Waals surface area contributed by atoms with Gasteiger partial charge in [-0.3, -0.25) is 4.79 Å². The minimum absolute atomic E-state index is 0.276. The van der Waals surface area contributed by atoms with E-state index in [4.69, 9.17) is 7.85 Å². The molecule has 1 N–H and O–H groups in total. The molecule has 0 fully saturated rings. The average Bonchev–Trinajstić information content (AvgIpc) is 2.10. The van der Waals surface area contributed by atoms with E-state index < -0.39 is 0 Å². The van der Waals surface area contributed by atoms with Crippen molar-refractivity contribution in [2.24, 2.45) is 5.92 Å². The smallest absolute Gasteiger partial charge is 0.132 e. The Morgan fingerprint density at radius 3 is 2.62 bits per heavy atom. The van der Waals surface area contributed by atoms with E-state index in [0.29, 0.717) is 12.2 Å². The van der Waals surface area contributed by atoms with Crippen molar-refractivity contribution in [1.29, 1.82) is 0 Å². The van der Waals surface area contributed by atoms with Crippen LogP contribution in [0.1, 0.15) is 39.5 Å². The van der Waals surface area contributed by atoms with Crippen LogP contribution in [-0.2, 0) is 4.79 Å². The molecule has 0 aromatic rings. The molecular weight excluding hydrogens is 161 g/mol. The lowest BCUT2D eigenvalue weighted by molar-refractivity contribution is -0.121. The molecule has 13 heavy (non-hydrogen) atoms. The topological polar surface area (TPSA) is 29.1 Å². The molecule has 0 unspecified atom stereocenters. The van der Waals surface area contributed by atoms with Crippen molar-refractivity contribution in [2.45, 2.75) is 39.5 Å². The third-order valence-corrected chi connectivity index (χ3v) is 2.37. The van der Waals surface area contributed by atoms with Crippen LogP contribution in [0, 0.1) is 5.92 Å². The highest BCUT2D eigenvalue weighted by molar-refractivity contribution is 6.08. The van der Waals surface area contributed by atoms with Crippen LogP contribution in [0.5, 0.6) is 0 Å². The molecule has 0 aromatic carbocycles. The Bertz CT molecular complexity index is 139. The molecular formula is C10H20BNO. The summed E-state index contributed by atoms with van der Waals surface area (Å²) >= 11 is 0. The minimum atomic E-state index is 0.276. The molecule has 0 aromatic heterocycles. The number of hydrogen-bond donors (Lipinski definition) is 1. The zero-order chi connectivity index (χ0) is 10.1. The monoisotopic (exact) mass is 181 g/mol. The number of carbonyl (C=O) groups is 1. The van der Waals surface area contributed by atoms with Gasteiger partial charge in [0, 0.05) is 5.92 Å². The lowest BCUT2D eigenvalue weighted by Gasteiger charge is -2.10. The fourth-order valence-electron chi connectivity index (χ4n) is 1.44. The molecule has 2 radical (unpaired) electrons. The summed E-state index contributed by atoms with van der Waals surface area (Å²) < 4.78 is 0. The molecule has 0 aliphatic heterocycles. The maximum atomic E-state index is 11.1. The van der Waals surface area contributed by atoms with E-state index in [2.05, 4.69) is 12.2 Å². The summed E-state index contributed by atoms with van der Waals surface area (Å²) in [5.74, 6) is 0.604. The van der Waals surface area contributed by atoms with Gasteiger partial charge in [-0.05, 0) is 39.2 Å². The molecule has 74 valence electrons. The highest BCUT2D eigenvalue weighted by atomic mass is 16.1. The number of nitrogens with one attached hydrogen (secondary N) is 1. The van der Waals surface area contributed by atoms with Crippen molar-refractivity contribution in [3.05, 3.63) is 0 Å². The maximum Gasteiger partial charge on any atom is 0.132 e. The van der Waals surface area contributed by atoms with Gasteiger partial charge in [-0.15, -0.1) is 0 Å². The van der Waals surface area contributed by atoms with Crippen molar-refractivity contribution in [2.75, 3.05) is 13.0 Å². The number of carbonyl (C=O) groups excluding carboxylic acids is 1. The number of Topliss-reactive ketones (excluding diaryl/α,β-unsaturated/α-hetero) is 1. The van der Waals surface area contributed by atoms with Crippen molar-refractivity contribution < 1.29 is 4.79 Å². The molecule has 0 aliphatic carbocycles. The van der Waals surface area contributed by atoms with Crippen LogP contribution in [0.4, 0.5) is 0 Å². The Morgan fingerprint density at radius 2 is 2.15 bits per heavy atom. The van der Waals surface area contributed by atoms with E-state index in [9.17, 15) is 4.79 Å². The van der Waals surface area contributed by atoms with Gasteiger partial charge in [0.15, 0.2) is 0 Å². The summed E-state index contributed by atoms with van der Waals surface area (Å²) in [5.41, 5.74) is 0. The summed E-state index contributed by atoms with van der Waals surface area (Å²) in [6.07, 6.45) is 4.77. The SMILES string of the molecule is [B]CNCCCC[C@H](CC)C(C)=O. The molecule has 0 saturated carbocycles. The van der Waals surface area contributed by atoms with Crippen LogP contribution in [0.15, 0.2) is 0 Å². The number of rotatable bonds is 8. The van der Waals surface area contributed by atoms with Crippen LogP contribution in [0.25, 0.3) is 0 Å². The summed E-state index contributed by atoms with van der Waals surface area (Å²) in [7, 11) is 5.28. The van der Waals surface area contributed by atoms with Gasteiger partial charge in [0.1, 0.15) is 5.78 Å². The second-order valence-electron chi connectivity index (χ2n) is 3.42. The number of hydrogen-bond acceptors (Lipinski definition) is 2. The van der Waals surface area contributed by atoms with Crippen molar-refractivity contribution in [3.63, 3.8) is 0 Å². The first kappa shape index (κ1) is 12.7. The van der Waals surface area contributed by atoms with E-state index in [1.807, 2.05) is 0 Å². The summed E-state index contributed by atoms with van der Waals surface area (Å²) in [6, 6.07) is 0. The van der Waals surface area contributed by atoms with E-state index in [-0.39, 0.29) is 5.92 Å². The molecule has 0 saturated heterocycles. The van der Waals surface area contributed by atoms with Gasteiger partial charge in [-0.2, -0.15) is 0 Å². The fourth-order valence-corrected chi connectivity index (χ4v) is 1.44. The zero-order valence-corrected chi connectivity index (χ0v) is 8.81.